The third-order valence-corrected chi connectivity index (χ3v) is 5.89. The van der Waals surface area contributed by atoms with Crippen molar-refractivity contribution in [3.8, 4) is 0 Å². The first kappa shape index (κ1) is 16.5. The minimum atomic E-state index is 0.329. The molecule has 1 aromatic rings. The summed E-state index contributed by atoms with van der Waals surface area (Å²) in [6.45, 7) is 6.25. The van der Waals surface area contributed by atoms with Crippen molar-refractivity contribution in [2.45, 2.75) is 64.5 Å². The zero-order valence-electron chi connectivity index (χ0n) is 15.0. The Balaban J connectivity index is 1.63. The molecule has 0 aromatic carbocycles. The van der Waals surface area contributed by atoms with Crippen LogP contribution in [0.5, 0.6) is 0 Å². The number of hydrogen-bond donors (Lipinski definition) is 0. The minimum Gasteiger partial charge on any atom is -0.338 e. The number of aromatic nitrogens is 2. The third kappa shape index (κ3) is 3.16. The lowest BCUT2D eigenvalue weighted by Gasteiger charge is -2.33. The molecular formula is C18H30N4O. The summed E-state index contributed by atoms with van der Waals surface area (Å²) < 4.78 is 1.92. The lowest BCUT2D eigenvalue weighted by molar-refractivity contribution is -0.132. The number of rotatable bonds is 4. The van der Waals surface area contributed by atoms with Crippen LogP contribution in [-0.2, 0) is 18.3 Å². The number of likely N-dealkylation sites (tertiary alicyclic amines) is 2. The van der Waals surface area contributed by atoms with Gasteiger partial charge in [0.05, 0.1) is 5.69 Å². The van der Waals surface area contributed by atoms with Crippen molar-refractivity contribution in [1.82, 2.24) is 19.6 Å². The van der Waals surface area contributed by atoms with Crippen LogP contribution in [0.1, 0.15) is 49.1 Å². The van der Waals surface area contributed by atoms with Crippen LogP contribution in [0.4, 0.5) is 0 Å². The highest BCUT2D eigenvalue weighted by molar-refractivity contribution is 5.77. The summed E-state index contributed by atoms with van der Waals surface area (Å²) >= 11 is 0. The standard InChI is InChI=1S/C18H30N4O/c1-13-15(14(2)21(4)19-13)9-10-18(23)22-12-6-8-17(22)16-7-5-11-20(16)3/h16-17H,5-12H2,1-4H3/t16-,17+/m1/s1. The Morgan fingerprint density at radius 3 is 2.43 bits per heavy atom. The van der Waals surface area contributed by atoms with E-state index < -0.39 is 0 Å². The molecule has 3 heterocycles. The summed E-state index contributed by atoms with van der Waals surface area (Å²) in [6, 6.07) is 1.01. The summed E-state index contributed by atoms with van der Waals surface area (Å²) in [6.07, 6.45) is 6.27. The Morgan fingerprint density at radius 2 is 1.83 bits per heavy atom. The van der Waals surface area contributed by atoms with Crippen LogP contribution < -0.4 is 0 Å². The van der Waals surface area contributed by atoms with Crippen LogP contribution in [0.3, 0.4) is 0 Å². The molecule has 1 amide bonds. The molecule has 0 N–H and O–H groups in total. The van der Waals surface area contributed by atoms with Gasteiger partial charge in [0.2, 0.25) is 5.91 Å². The summed E-state index contributed by atoms with van der Waals surface area (Å²) in [4.78, 5) is 17.4. The molecule has 2 aliphatic heterocycles. The Morgan fingerprint density at radius 1 is 1.13 bits per heavy atom. The molecule has 2 atom stereocenters. The van der Waals surface area contributed by atoms with E-state index in [4.69, 9.17) is 0 Å². The first-order chi connectivity index (χ1) is 11.0. The second kappa shape index (κ2) is 6.63. The van der Waals surface area contributed by atoms with Gasteiger partial charge >= 0.3 is 0 Å². The molecule has 1 aromatic heterocycles. The van der Waals surface area contributed by atoms with Crippen molar-refractivity contribution >= 4 is 5.91 Å². The lowest BCUT2D eigenvalue weighted by atomic mass is 10.0. The Bertz CT molecular complexity index is 580. The maximum atomic E-state index is 12.8. The van der Waals surface area contributed by atoms with E-state index in [1.807, 2.05) is 18.7 Å². The predicted octanol–water partition coefficient (Wildman–Crippen LogP) is 2.05. The topological polar surface area (TPSA) is 41.4 Å². The molecule has 2 aliphatic rings. The van der Waals surface area contributed by atoms with Gasteiger partial charge in [-0.15, -0.1) is 0 Å². The monoisotopic (exact) mass is 318 g/mol. The van der Waals surface area contributed by atoms with Crippen molar-refractivity contribution < 1.29 is 4.79 Å². The average molecular weight is 318 g/mol. The molecular weight excluding hydrogens is 288 g/mol. The smallest absolute Gasteiger partial charge is 0.223 e. The average Bonchev–Trinajstić information content (AvgIpc) is 3.19. The van der Waals surface area contributed by atoms with E-state index in [1.165, 1.54) is 37.1 Å². The van der Waals surface area contributed by atoms with Gasteiger partial charge in [0, 0.05) is 37.8 Å². The maximum absolute atomic E-state index is 12.8. The molecule has 2 fully saturated rings. The molecule has 0 aliphatic carbocycles. The first-order valence-electron chi connectivity index (χ1n) is 8.98. The van der Waals surface area contributed by atoms with Crippen molar-refractivity contribution in [2.75, 3.05) is 20.1 Å². The van der Waals surface area contributed by atoms with Crippen LogP contribution in [0.15, 0.2) is 0 Å². The van der Waals surface area contributed by atoms with E-state index >= 15 is 0 Å². The minimum absolute atomic E-state index is 0.329. The molecule has 0 saturated carbocycles. The third-order valence-electron chi connectivity index (χ3n) is 5.89. The zero-order chi connectivity index (χ0) is 16.6. The van der Waals surface area contributed by atoms with Crippen LogP contribution in [-0.4, -0.2) is 57.7 Å². The molecule has 128 valence electrons. The molecule has 0 bridgehead atoms. The second-order valence-corrected chi connectivity index (χ2v) is 7.26. The van der Waals surface area contributed by atoms with Crippen molar-refractivity contribution in [2.24, 2.45) is 7.05 Å². The predicted molar refractivity (Wildman–Crippen MR) is 91.4 cm³/mol. The fraction of sp³-hybridized carbons (Fsp3) is 0.778. The van der Waals surface area contributed by atoms with E-state index in [0.29, 0.717) is 24.4 Å². The number of likely N-dealkylation sites (N-methyl/N-ethyl adjacent to an activating group) is 1. The molecule has 23 heavy (non-hydrogen) atoms. The van der Waals surface area contributed by atoms with E-state index in [2.05, 4.69) is 28.9 Å². The van der Waals surface area contributed by atoms with Crippen molar-refractivity contribution in [3.63, 3.8) is 0 Å². The molecule has 3 rings (SSSR count). The van der Waals surface area contributed by atoms with Gasteiger partial charge in [-0.2, -0.15) is 5.10 Å². The Labute approximate surface area is 139 Å². The first-order valence-corrected chi connectivity index (χ1v) is 8.98. The highest BCUT2D eigenvalue weighted by atomic mass is 16.2. The summed E-state index contributed by atoms with van der Waals surface area (Å²) in [5.41, 5.74) is 3.49. The number of hydrogen-bond acceptors (Lipinski definition) is 3. The number of carbonyl (C=O) groups is 1. The molecule has 0 unspecified atom stereocenters. The highest BCUT2D eigenvalue weighted by Gasteiger charge is 2.38. The number of amides is 1. The lowest BCUT2D eigenvalue weighted by Crippen LogP contribution is -2.47. The fourth-order valence-corrected chi connectivity index (χ4v) is 4.48. The van der Waals surface area contributed by atoms with E-state index in [-0.39, 0.29) is 0 Å². The normalized spacial score (nSPS) is 25.5. The van der Waals surface area contributed by atoms with Gasteiger partial charge < -0.3 is 9.80 Å². The Kier molecular flexibility index (Phi) is 4.76. The number of aryl methyl sites for hydroxylation is 2. The molecule has 5 nitrogen and oxygen atoms in total. The molecule has 5 heteroatoms. The van der Waals surface area contributed by atoms with E-state index in [0.717, 1.165) is 25.1 Å². The van der Waals surface area contributed by atoms with Crippen LogP contribution >= 0.6 is 0 Å². The van der Waals surface area contributed by atoms with Gasteiger partial charge in [-0.1, -0.05) is 0 Å². The second-order valence-electron chi connectivity index (χ2n) is 7.26. The van der Waals surface area contributed by atoms with Crippen molar-refractivity contribution in [1.29, 1.82) is 0 Å². The zero-order valence-corrected chi connectivity index (χ0v) is 15.0. The molecule has 2 saturated heterocycles. The summed E-state index contributed by atoms with van der Waals surface area (Å²) in [7, 11) is 4.18. The summed E-state index contributed by atoms with van der Waals surface area (Å²) in [5, 5.41) is 4.46. The Hall–Kier alpha value is -1.36. The van der Waals surface area contributed by atoms with Crippen molar-refractivity contribution in [3.05, 3.63) is 17.0 Å². The van der Waals surface area contributed by atoms with Gasteiger partial charge in [-0.3, -0.25) is 9.48 Å². The maximum Gasteiger partial charge on any atom is 0.223 e. The number of carbonyl (C=O) groups excluding carboxylic acids is 1. The quantitative estimate of drug-likeness (QED) is 0.853. The highest BCUT2D eigenvalue weighted by Crippen LogP contribution is 2.29. The van der Waals surface area contributed by atoms with Gasteiger partial charge in [-0.05, 0) is 65.1 Å². The summed E-state index contributed by atoms with van der Waals surface area (Å²) in [5.74, 6) is 0.329. The van der Waals surface area contributed by atoms with Gasteiger partial charge in [-0.25, -0.2) is 0 Å². The van der Waals surface area contributed by atoms with Crippen LogP contribution in [0.25, 0.3) is 0 Å². The SMILES string of the molecule is Cc1nn(C)c(C)c1CCC(=O)N1CCC[C@H]1[C@H]1CCCN1C. The van der Waals surface area contributed by atoms with Gasteiger partial charge in [0.25, 0.3) is 0 Å². The van der Waals surface area contributed by atoms with Gasteiger partial charge in [0.15, 0.2) is 0 Å². The largest absolute Gasteiger partial charge is 0.338 e. The fourth-order valence-electron chi connectivity index (χ4n) is 4.48. The van der Waals surface area contributed by atoms with Crippen LogP contribution in [0.2, 0.25) is 0 Å². The van der Waals surface area contributed by atoms with E-state index in [9.17, 15) is 4.79 Å². The molecule has 0 spiro atoms. The number of nitrogens with zero attached hydrogens (tertiary/aromatic N) is 4. The van der Waals surface area contributed by atoms with E-state index in [1.54, 1.807) is 0 Å². The van der Waals surface area contributed by atoms with Gasteiger partial charge in [0.1, 0.15) is 0 Å². The molecule has 0 radical (unpaired) electrons. The van der Waals surface area contributed by atoms with Crippen LogP contribution in [0, 0.1) is 13.8 Å².